The lowest BCUT2D eigenvalue weighted by atomic mass is 10.3. The first-order chi connectivity index (χ1) is 9.47. The molecule has 0 amide bonds. The van der Waals surface area contributed by atoms with Crippen LogP contribution >= 0.6 is 11.8 Å². The number of hydrogen-bond donors (Lipinski definition) is 1. The van der Waals surface area contributed by atoms with E-state index in [0.29, 0.717) is 0 Å². The highest BCUT2D eigenvalue weighted by atomic mass is 32.2. The number of rotatable bonds is 4. The second-order valence-electron chi connectivity index (χ2n) is 3.66. The van der Waals surface area contributed by atoms with E-state index in [-0.39, 0.29) is 21.2 Å². The third-order valence-electron chi connectivity index (χ3n) is 2.32. The molecule has 102 valence electrons. The van der Waals surface area contributed by atoms with Gasteiger partial charge in [-0.3, -0.25) is 10.1 Å². The van der Waals surface area contributed by atoms with Gasteiger partial charge in [-0.15, -0.1) is 0 Å². The van der Waals surface area contributed by atoms with Crippen LogP contribution < -0.4 is 0 Å². The second kappa shape index (κ2) is 5.66. The Hall–Kier alpha value is -2.48. The molecule has 1 heterocycles. The Labute approximate surface area is 116 Å². The lowest BCUT2D eigenvalue weighted by Crippen LogP contribution is -1.97. The van der Waals surface area contributed by atoms with Gasteiger partial charge in [-0.1, -0.05) is 11.8 Å². The van der Waals surface area contributed by atoms with E-state index < -0.39 is 16.7 Å². The van der Waals surface area contributed by atoms with Crippen molar-refractivity contribution in [1.82, 2.24) is 4.98 Å². The van der Waals surface area contributed by atoms with Gasteiger partial charge in [0.25, 0.3) is 5.69 Å². The molecule has 6 nitrogen and oxygen atoms in total. The van der Waals surface area contributed by atoms with Gasteiger partial charge in [-0.25, -0.2) is 14.2 Å². The van der Waals surface area contributed by atoms with Gasteiger partial charge in [0.2, 0.25) is 0 Å². The van der Waals surface area contributed by atoms with Crippen molar-refractivity contribution >= 4 is 23.4 Å². The van der Waals surface area contributed by atoms with Gasteiger partial charge < -0.3 is 5.11 Å². The van der Waals surface area contributed by atoms with E-state index in [0.717, 1.165) is 17.8 Å². The van der Waals surface area contributed by atoms with E-state index in [2.05, 4.69) is 4.98 Å². The van der Waals surface area contributed by atoms with Crippen LogP contribution in [0.25, 0.3) is 0 Å². The number of carbonyl (C=O) groups is 1. The van der Waals surface area contributed by atoms with Crippen LogP contribution in [0.5, 0.6) is 0 Å². The number of aromatic nitrogens is 1. The van der Waals surface area contributed by atoms with E-state index >= 15 is 0 Å². The molecule has 1 N–H and O–H groups in total. The molecule has 0 atom stereocenters. The Morgan fingerprint density at radius 2 is 2.10 bits per heavy atom. The summed E-state index contributed by atoms with van der Waals surface area (Å²) in [5.41, 5.74) is -0.316. The Balaban J connectivity index is 2.28. The van der Waals surface area contributed by atoms with Gasteiger partial charge in [-0.05, 0) is 18.2 Å². The molecule has 0 aliphatic carbocycles. The molecule has 2 aromatic rings. The number of nitrogens with zero attached hydrogens (tertiary/aromatic N) is 2. The summed E-state index contributed by atoms with van der Waals surface area (Å²) < 4.78 is 13.7. The van der Waals surface area contributed by atoms with E-state index in [1.165, 1.54) is 30.5 Å². The number of benzene rings is 1. The first-order valence-corrected chi connectivity index (χ1v) is 6.10. The summed E-state index contributed by atoms with van der Waals surface area (Å²) >= 11 is 0.894. The number of carboxylic acids is 1. The monoisotopic (exact) mass is 294 g/mol. The van der Waals surface area contributed by atoms with Gasteiger partial charge in [-0.2, -0.15) is 0 Å². The molecule has 0 saturated heterocycles. The topological polar surface area (TPSA) is 93.3 Å². The van der Waals surface area contributed by atoms with Crippen LogP contribution in [0.1, 0.15) is 10.4 Å². The molecule has 0 bridgehead atoms. The number of hydrogen-bond acceptors (Lipinski definition) is 5. The largest absolute Gasteiger partial charge is 0.478 e. The molecular weight excluding hydrogens is 287 g/mol. The minimum atomic E-state index is -1.11. The van der Waals surface area contributed by atoms with Crippen LogP contribution in [-0.4, -0.2) is 21.0 Å². The van der Waals surface area contributed by atoms with Crippen molar-refractivity contribution in [2.75, 3.05) is 0 Å². The molecule has 8 heteroatoms. The van der Waals surface area contributed by atoms with Gasteiger partial charge in [0.1, 0.15) is 10.8 Å². The molecule has 0 fully saturated rings. The predicted octanol–water partition coefficient (Wildman–Crippen LogP) is 2.98. The maximum absolute atomic E-state index is 13.7. The third kappa shape index (κ3) is 3.09. The van der Waals surface area contributed by atoms with Crippen molar-refractivity contribution in [2.45, 2.75) is 9.92 Å². The summed E-state index contributed by atoms with van der Waals surface area (Å²) in [5.74, 6) is -1.87. The maximum atomic E-state index is 13.7. The number of non-ortho nitro benzene ring substituents is 1. The molecule has 2 rings (SSSR count). The fourth-order valence-corrected chi connectivity index (χ4v) is 2.21. The van der Waals surface area contributed by atoms with Crippen molar-refractivity contribution in [2.24, 2.45) is 0 Å². The van der Waals surface area contributed by atoms with Gasteiger partial charge in [0.15, 0.2) is 0 Å². The lowest BCUT2D eigenvalue weighted by Gasteiger charge is -2.03. The predicted molar refractivity (Wildman–Crippen MR) is 68.4 cm³/mol. The zero-order chi connectivity index (χ0) is 14.7. The fourth-order valence-electron chi connectivity index (χ4n) is 1.40. The molecular formula is C12H7FN2O4S. The average molecular weight is 294 g/mol. The van der Waals surface area contributed by atoms with E-state index in [1.807, 2.05) is 0 Å². The highest BCUT2D eigenvalue weighted by Gasteiger charge is 2.13. The molecule has 0 spiro atoms. The highest BCUT2D eigenvalue weighted by Crippen LogP contribution is 2.30. The van der Waals surface area contributed by atoms with Crippen LogP contribution in [0.2, 0.25) is 0 Å². The van der Waals surface area contributed by atoms with Crippen LogP contribution in [0.4, 0.5) is 10.1 Å². The van der Waals surface area contributed by atoms with Crippen molar-refractivity contribution in [1.29, 1.82) is 0 Å². The summed E-state index contributed by atoms with van der Waals surface area (Å²) in [4.78, 5) is 24.7. The molecule has 0 aliphatic heterocycles. The lowest BCUT2D eigenvalue weighted by molar-refractivity contribution is -0.385. The fraction of sp³-hybridized carbons (Fsp3) is 0. The molecule has 1 aromatic heterocycles. The Kier molecular flexibility index (Phi) is 3.94. The number of carboxylic acid groups (broad SMARTS) is 1. The van der Waals surface area contributed by atoms with Crippen molar-refractivity contribution in [3.05, 3.63) is 58.0 Å². The van der Waals surface area contributed by atoms with E-state index in [9.17, 15) is 19.3 Å². The van der Waals surface area contributed by atoms with Crippen molar-refractivity contribution < 1.29 is 19.2 Å². The number of nitro benzene ring substituents is 1. The normalized spacial score (nSPS) is 10.2. The van der Waals surface area contributed by atoms with Crippen molar-refractivity contribution in [3.8, 4) is 0 Å². The first kappa shape index (κ1) is 13.9. The summed E-state index contributed by atoms with van der Waals surface area (Å²) in [5, 5.41) is 19.6. The molecule has 0 unspecified atom stereocenters. The van der Waals surface area contributed by atoms with Crippen LogP contribution in [0, 0.1) is 15.9 Å². The molecule has 0 saturated carbocycles. The molecule has 0 radical (unpaired) electrons. The minimum Gasteiger partial charge on any atom is -0.478 e. The quantitative estimate of drug-likeness (QED) is 0.688. The number of halogens is 1. The van der Waals surface area contributed by atoms with Gasteiger partial charge in [0, 0.05) is 12.3 Å². The Morgan fingerprint density at radius 3 is 2.70 bits per heavy atom. The second-order valence-corrected chi connectivity index (χ2v) is 4.72. The Morgan fingerprint density at radius 1 is 1.35 bits per heavy atom. The number of aromatic carboxylic acids is 1. The highest BCUT2D eigenvalue weighted by molar-refractivity contribution is 7.99. The summed E-state index contributed by atoms with van der Waals surface area (Å²) in [6, 6.07) is 5.86. The summed E-state index contributed by atoms with van der Waals surface area (Å²) in [6.45, 7) is 0. The summed E-state index contributed by atoms with van der Waals surface area (Å²) in [7, 11) is 0. The van der Waals surface area contributed by atoms with Crippen LogP contribution in [0.15, 0.2) is 46.5 Å². The Bertz CT molecular complexity index is 693. The minimum absolute atomic E-state index is 0.0322. The number of pyridine rings is 1. The van der Waals surface area contributed by atoms with E-state index in [1.54, 1.807) is 0 Å². The zero-order valence-corrected chi connectivity index (χ0v) is 10.6. The van der Waals surface area contributed by atoms with E-state index in [4.69, 9.17) is 5.11 Å². The number of nitro groups is 1. The standard InChI is InChI=1S/C12H7FN2O4S/c13-9-6-8(15(18)19)1-2-10(9)20-11-5-7(12(16)17)3-4-14-11/h1-6H,(H,16,17). The smallest absolute Gasteiger partial charge is 0.335 e. The van der Waals surface area contributed by atoms with Gasteiger partial charge >= 0.3 is 5.97 Å². The SMILES string of the molecule is O=C(O)c1ccnc(Sc2ccc([N+](=O)[O-])cc2F)c1. The molecule has 1 aromatic carbocycles. The average Bonchev–Trinajstić information content (AvgIpc) is 2.41. The maximum Gasteiger partial charge on any atom is 0.335 e. The molecule has 20 heavy (non-hydrogen) atoms. The molecule has 0 aliphatic rings. The van der Waals surface area contributed by atoms with Gasteiger partial charge in [0.05, 0.1) is 21.4 Å². The van der Waals surface area contributed by atoms with Crippen molar-refractivity contribution in [3.63, 3.8) is 0 Å². The summed E-state index contributed by atoms with van der Waals surface area (Å²) in [6.07, 6.45) is 1.30. The van der Waals surface area contributed by atoms with Crippen LogP contribution in [0.3, 0.4) is 0 Å². The third-order valence-corrected chi connectivity index (χ3v) is 3.31. The first-order valence-electron chi connectivity index (χ1n) is 5.28. The van der Waals surface area contributed by atoms with Crippen LogP contribution in [-0.2, 0) is 0 Å². The zero-order valence-electron chi connectivity index (χ0n) is 9.82.